The van der Waals surface area contributed by atoms with Crippen LogP contribution >= 0.6 is 0 Å². The molecule has 1 N–H and O–H groups in total. The molecule has 1 atom stereocenters. The smallest absolute Gasteiger partial charge is 0.358 e. The van der Waals surface area contributed by atoms with Crippen molar-refractivity contribution in [3.63, 3.8) is 0 Å². The van der Waals surface area contributed by atoms with Gasteiger partial charge < -0.3 is 5.11 Å². The first-order valence-corrected chi connectivity index (χ1v) is 4.99. The van der Waals surface area contributed by atoms with Crippen LogP contribution < -0.4 is 0 Å². The second kappa shape index (κ2) is 4.32. The van der Waals surface area contributed by atoms with Gasteiger partial charge in [-0.2, -0.15) is 0 Å². The zero-order valence-corrected chi connectivity index (χ0v) is 9.04. The van der Waals surface area contributed by atoms with E-state index in [0.29, 0.717) is 5.56 Å². The maximum absolute atomic E-state index is 13.5. The maximum Gasteiger partial charge on any atom is 0.358 e. The summed E-state index contributed by atoms with van der Waals surface area (Å²) in [5.41, 5.74) is 0.280. The van der Waals surface area contributed by atoms with E-state index in [4.69, 9.17) is 5.11 Å². The predicted octanol–water partition coefficient (Wildman–Crippen LogP) is 1.72. The van der Waals surface area contributed by atoms with Crippen molar-refractivity contribution in [2.24, 2.45) is 0 Å². The van der Waals surface area contributed by atoms with Crippen LogP contribution in [0.15, 0.2) is 30.5 Å². The molecule has 0 aliphatic rings. The quantitative estimate of drug-likeness (QED) is 0.879. The summed E-state index contributed by atoms with van der Waals surface area (Å²) in [6, 6.07) is 5.87. The first-order chi connectivity index (χ1) is 8.09. The molecule has 1 aromatic heterocycles. The minimum Gasteiger partial charge on any atom is -0.476 e. The third-order valence-corrected chi connectivity index (χ3v) is 2.48. The van der Waals surface area contributed by atoms with Gasteiger partial charge in [-0.15, -0.1) is 5.10 Å². The van der Waals surface area contributed by atoms with Gasteiger partial charge in [0.25, 0.3) is 0 Å². The van der Waals surface area contributed by atoms with Crippen LogP contribution in [0.25, 0.3) is 0 Å². The van der Waals surface area contributed by atoms with Gasteiger partial charge in [0.05, 0.1) is 12.2 Å². The van der Waals surface area contributed by atoms with Crippen molar-refractivity contribution in [2.45, 2.75) is 13.0 Å². The molecule has 0 saturated heterocycles. The van der Waals surface area contributed by atoms with E-state index in [2.05, 4.69) is 10.3 Å². The van der Waals surface area contributed by atoms with Crippen LogP contribution in [-0.2, 0) is 0 Å². The van der Waals surface area contributed by atoms with Crippen LogP contribution in [0.2, 0.25) is 0 Å². The molecular weight excluding hydrogens is 225 g/mol. The Morgan fingerprint density at radius 2 is 2.18 bits per heavy atom. The summed E-state index contributed by atoms with van der Waals surface area (Å²) < 4.78 is 14.8. The molecule has 0 aliphatic carbocycles. The van der Waals surface area contributed by atoms with Crippen molar-refractivity contribution < 1.29 is 14.3 Å². The molecule has 0 amide bonds. The van der Waals surface area contributed by atoms with Crippen molar-refractivity contribution in [2.75, 3.05) is 0 Å². The highest BCUT2D eigenvalue weighted by atomic mass is 19.1. The molecular formula is C11H10FN3O2. The highest BCUT2D eigenvalue weighted by Gasteiger charge is 2.16. The lowest BCUT2D eigenvalue weighted by molar-refractivity contribution is 0.0690. The number of halogens is 1. The van der Waals surface area contributed by atoms with E-state index in [-0.39, 0.29) is 11.5 Å². The Balaban J connectivity index is 2.34. The van der Waals surface area contributed by atoms with Gasteiger partial charge in [0, 0.05) is 5.56 Å². The summed E-state index contributed by atoms with van der Waals surface area (Å²) in [5.74, 6) is -1.51. The van der Waals surface area contributed by atoms with Gasteiger partial charge in [0.15, 0.2) is 5.69 Å². The van der Waals surface area contributed by atoms with Crippen LogP contribution in [0, 0.1) is 5.82 Å². The number of benzene rings is 1. The number of aromatic carboxylic acids is 1. The van der Waals surface area contributed by atoms with Gasteiger partial charge in [0.1, 0.15) is 5.82 Å². The monoisotopic (exact) mass is 235 g/mol. The van der Waals surface area contributed by atoms with Crippen LogP contribution in [0.1, 0.15) is 29.0 Å². The molecule has 2 rings (SSSR count). The van der Waals surface area contributed by atoms with Crippen LogP contribution in [0.4, 0.5) is 4.39 Å². The average Bonchev–Trinajstić information content (AvgIpc) is 2.78. The third kappa shape index (κ3) is 2.15. The molecule has 0 fully saturated rings. The van der Waals surface area contributed by atoms with Gasteiger partial charge in [-0.05, 0) is 13.0 Å². The largest absolute Gasteiger partial charge is 0.476 e. The summed E-state index contributed by atoms with van der Waals surface area (Å²) in [7, 11) is 0. The molecule has 88 valence electrons. The minimum absolute atomic E-state index is 0.159. The van der Waals surface area contributed by atoms with Gasteiger partial charge in [0.2, 0.25) is 0 Å². The molecule has 6 heteroatoms. The summed E-state index contributed by atoms with van der Waals surface area (Å²) in [6.07, 6.45) is 1.28. The molecule has 0 unspecified atom stereocenters. The molecule has 0 spiro atoms. The fourth-order valence-corrected chi connectivity index (χ4v) is 1.52. The van der Waals surface area contributed by atoms with E-state index in [1.54, 1.807) is 25.1 Å². The molecule has 5 nitrogen and oxygen atoms in total. The number of hydrogen-bond donors (Lipinski definition) is 1. The Morgan fingerprint density at radius 3 is 2.76 bits per heavy atom. The fraction of sp³-hybridized carbons (Fsp3) is 0.182. The molecule has 1 aromatic carbocycles. The SMILES string of the molecule is C[C@H](c1ccccc1F)n1cc(C(=O)O)nn1. The lowest BCUT2D eigenvalue weighted by Gasteiger charge is -2.11. The summed E-state index contributed by atoms with van der Waals surface area (Å²) in [4.78, 5) is 10.7. The van der Waals surface area contributed by atoms with Gasteiger partial charge in [-0.3, -0.25) is 0 Å². The molecule has 0 saturated carbocycles. The first-order valence-electron chi connectivity index (χ1n) is 4.99. The van der Waals surface area contributed by atoms with E-state index >= 15 is 0 Å². The van der Waals surface area contributed by atoms with E-state index in [0.717, 1.165) is 0 Å². The van der Waals surface area contributed by atoms with Crippen LogP contribution in [0.5, 0.6) is 0 Å². The second-order valence-electron chi connectivity index (χ2n) is 3.59. The summed E-state index contributed by atoms with van der Waals surface area (Å²) in [5, 5.41) is 15.9. The number of nitrogens with zero attached hydrogens (tertiary/aromatic N) is 3. The Bertz CT molecular complexity index is 553. The zero-order valence-electron chi connectivity index (χ0n) is 9.04. The van der Waals surface area contributed by atoms with E-state index in [1.807, 2.05) is 0 Å². The Morgan fingerprint density at radius 1 is 1.47 bits per heavy atom. The molecule has 0 aliphatic heterocycles. The number of carbonyl (C=O) groups is 1. The minimum atomic E-state index is -1.16. The predicted molar refractivity (Wildman–Crippen MR) is 57.2 cm³/mol. The van der Waals surface area contributed by atoms with Crippen LogP contribution in [-0.4, -0.2) is 26.1 Å². The molecule has 17 heavy (non-hydrogen) atoms. The number of aromatic nitrogens is 3. The topological polar surface area (TPSA) is 68.0 Å². The molecule has 0 bridgehead atoms. The van der Waals surface area contributed by atoms with Crippen molar-refractivity contribution in [3.05, 3.63) is 47.5 Å². The van der Waals surface area contributed by atoms with Gasteiger partial charge in [-0.1, -0.05) is 23.4 Å². The van der Waals surface area contributed by atoms with Crippen LogP contribution in [0.3, 0.4) is 0 Å². The normalized spacial score (nSPS) is 12.4. The Hall–Kier alpha value is -2.24. The highest BCUT2D eigenvalue weighted by Crippen LogP contribution is 2.19. The van der Waals surface area contributed by atoms with Gasteiger partial charge in [-0.25, -0.2) is 13.9 Å². The number of carboxylic acids is 1. The lowest BCUT2D eigenvalue weighted by atomic mass is 10.1. The fourth-order valence-electron chi connectivity index (χ4n) is 1.52. The van der Waals surface area contributed by atoms with E-state index in [9.17, 15) is 9.18 Å². The number of hydrogen-bond acceptors (Lipinski definition) is 3. The Kier molecular flexibility index (Phi) is 2.86. The second-order valence-corrected chi connectivity index (χ2v) is 3.59. The average molecular weight is 235 g/mol. The van der Waals surface area contributed by atoms with Crippen molar-refractivity contribution in [1.29, 1.82) is 0 Å². The number of carboxylic acid groups (broad SMARTS) is 1. The molecule has 2 aromatic rings. The summed E-state index contributed by atoms with van der Waals surface area (Å²) >= 11 is 0. The number of rotatable bonds is 3. The van der Waals surface area contributed by atoms with Crippen molar-refractivity contribution in [1.82, 2.24) is 15.0 Å². The maximum atomic E-state index is 13.5. The molecule has 1 heterocycles. The van der Waals surface area contributed by atoms with Crippen molar-refractivity contribution >= 4 is 5.97 Å². The third-order valence-electron chi connectivity index (χ3n) is 2.48. The van der Waals surface area contributed by atoms with E-state index in [1.165, 1.54) is 16.9 Å². The summed E-state index contributed by atoms with van der Waals surface area (Å²) in [6.45, 7) is 1.72. The molecule has 0 radical (unpaired) electrons. The Labute approximate surface area is 96.5 Å². The van der Waals surface area contributed by atoms with Gasteiger partial charge >= 0.3 is 5.97 Å². The highest BCUT2D eigenvalue weighted by molar-refractivity contribution is 5.84. The first kappa shape index (κ1) is 11.3. The standard InChI is InChI=1S/C11H10FN3O2/c1-7(8-4-2-3-5-9(8)12)15-6-10(11(16)17)13-14-15/h2-7H,1H3,(H,16,17)/t7-/m1/s1. The zero-order chi connectivity index (χ0) is 12.4. The van der Waals surface area contributed by atoms with Crippen molar-refractivity contribution in [3.8, 4) is 0 Å². The van der Waals surface area contributed by atoms with E-state index < -0.39 is 12.0 Å². The lowest BCUT2D eigenvalue weighted by Crippen LogP contribution is -2.09.